The summed E-state index contributed by atoms with van der Waals surface area (Å²) in [5.41, 5.74) is 1.17. The van der Waals surface area contributed by atoms with Gasteiger partial charge in [0.2, 0.25) is 0 Å². The van der Waals surface area contributed by atoms with Crippen LogP contribution in [0.2, 0.25) is 0 Å². The Kier molecular flexibility index (Phi) is 3.25. The van der Waals surface area contributed by atoms with E-state index in [2.05, 4.69) is 9.88 Å². The average Bonchev–Trinajstić information content (AvgIpc) is 2.60. The largest absolute Gasteiger partial charge is 0.298 e. The number of rotatable bonds is 3. The van der Waals surface area contributed by atoms with Crippen LogP contribution in [-0.4, -0.2) is 42.9 Å². The molecular formula is C11H16N2O2S. The van der Waals surface area contributed by atoms with E-state index in [1.165, 1.54) is 5.56 Å². The summed E-state index contributed by atoms with van der Waals surface area (Å²) in [7, 11) is -0.809. The molecule has 1 atom stereocenters. The van der Waals surface area contributed by atoms with E-state index in [0.29, 0.717) is 11.5 Å². The molecular weight excluding hydrogens is 224 g/mol. The van der Waals surface area contributed by atoms with Crippen LogP contribution in [0.3, 0.4) is 0 Å². The summed E-state index contributed by atoms with van der Waals surface area (Å²) in [6, 6.07) is 4.08. The first-order chi connectivity index (χ1) is 7.57. The van der Waals surface area contributed by atoms with Crippen LogP contribution < -0.4 is 0 Å². The number of hydrogen-bond acceptors (Lipinski definition) is 4. The molecule has 5 heteroatoms. The summed E-state index contributed by atoms with van der Waals surface area (Å²) < 4.78 is 22.7. The summed E-state index contributed by atoms with van der Waals surface area (Å²) in [5, 5.41) is 0. The molecule has 0 aromatic carbocycles. The molecule has 1 saturated heterocycles. The van der Waals surface area contributed by atoms with Gasteiger partial charge in [0.05, 0.1) is 11.5 Å². The SMILES string of the molecule is CN(Cc1ccncc1)C1CCS(=O)(=O)C1. The molecule has 0 N–H and O–H groups in total. The summed E-state index contributed by atoms with van der Waals surface area (Å²) in [5.74, 6) is 0.632. The van der Waals surface area contributed by atoms with Gasteiger partial charge in [-0.3, -0.25) is 9.88 Å². The minimum Gasteiger partial charge on any atom is -0.298 e. The van der Waals surface area contributed by atoms with Crippen molar-refractivity contribution in [2.45, 2.75) is 19.0 Å². The fourth-order valence-electron chi connectivity index (χ4n) is 2.03. The lowest BCUT2D eigenvalue weighted by Crippen LogP contribution is -2.32. The molecule has 0 radical (unpaired) electrons. The molecule has 16 heavy (non-hydrogen) atoms. The Hall–Kier alpha value is -0.940. The van der Waals surface area contributed by atoms with Gasteiger partial charge in [0.15, 0.2) is 9.84 Å². The Morgan fingerprint density at radius 1 is 1.44 bits per heavy atom. The standard InChI is InChI=1S/C11H16N2O2S/c1-13(8-10-2-5-12-6-3-10)11-4-7-16(14,15)9-11/h2-3,5-6,11H,4,7-9H2,1H3. The highest BCUT2D eigenvalue weighted by Crippen LogP contribution is 2.18. The van der Waals surface area contributed by atoms with Crippen molar-refractivity contribution in [3.05, 3.63) is 30.1 Å². The highest BCUT2D eigenvalue weighted by atomic mass is 32.2. The van der Waals surface area contributed by atoms with Gasteiger partial charge in [-0.15, -0.1) is 0 Å². The van der Waals surface area contributed by atoms with E-state index in [0.717, 1.165) is 13.0 Å². The zero-order valence-electron chi connectivity index (χ0n) is 9.33. The number of aromatic nitrogens is 1. The molecule has 1 aromatic rings. The van der Waals surface area contributed by atoms with Crippen LogP contribution in [0.5, 0.6) is 0 Å². The number of pyridine rings is 1. The van der Waals surface area contributed by atoms with Gasteiger partial charge in [-0.05, 0) is 31.2 Å². The summed E-state index contributed by atoms with van der Waals surface area (Å²) in [4.78, 5) is 6.07. The summed E-state index contributed by atoms with van der Waals surface area (Å²) in [6.07, 6.45) is 4.27. The van der Waals surface area contributed by atoms with E-state index in [-0.39, 0.29) is 6.04 Å². The van der Waals surface area contributed by atoms with Crippen molar-refractivity contribution < 1.29 is 8.42 Å². The molecule has 1 aromatic heterocycles. The molecule has 0 bridgehead atoms. The fraction of sp³-hybridized carbons (Fsp3) is 0.545. The molecule has 4 nitrogen and oxygen atoms in total. The minimum atomic E-state index is -2.79. The van der Waals surface area contributed by atoms with Crippen LogP contribution in [0, 0.1) is 0 Å². The maximum absolute atomic E-state index is 11.4. The highest BCUT2D eigenvalue weighted by Gasteiger charge is 2.30. The van der Waals surface area contributed by atoms with Crippen molar-refractivity contribution in [1.29, 1.82) is 0 Å². The van der Waals surface area contributed by atoms with E-state index in [9.17, 15) is 8.42 Å². The van der Waals surface area contributed by atoms with Gasteiger partial charge in [-0.2, -0.15) is 0 Å². The Labute approximate surface area is 96.2 Å². The van der Waals surface area contributed by atoms with Gasteiger partial charge in [0.1, 0.15) is 0 Å². The van der Waals surface area contributed by atoms with Crippen LogP contribution in [0.25, 0.3) is 0 Å². The van der Waals surface area contributed by atoms with Gasteiger partial charge in [0.25, 0.3) is 0 Å². The van der Waals surface area contributed by atoms with E-state index < -0.39 is 9.84 Å². The van der Waals surface area contributed by atoms with Crippen molar-refractivity contribution >= 4 is 9.84 Å². The molecule has 88 valence electrons. The molecule has 0 saturated carbocycles. The topological polar surface area (TPSA) is 50.3 Å². The third kappa shape index (κ3) is 2.80. The van der Waals surface area contributed by atoms with Gasteiger partial charge < -0.3 is 0 Å². The van der Waals surface area contributed by atoms with Gasteiger partial charge >= 0.3 is 0 Å². The third-order valence-corrected chi connectivity index (χ3v) is 4.76. The number of nitrogens with zero attached hydrogens (tertiary/aromatic N) is 2. The maximum Gasteiger partial charge on any atom is 0.151 e. The highest BCUT2D eigenvalue weighted by molar-refractivity contribution is 7.91. The first-order valence-corrected chi connectivity index (χ1v) is 7.18. The predicted molar refractivity (Wildman–Crippen MR) is 62.8 cm³/mol. The van der Waals surface area contributed by atoms with Crippen LogP contribution in [0.1, 0.15) is 12.0 Å². The average molecular weight is 240 g/mol. The van der Waals surface area contributed by atoms with E-state index in [1.807, 2.05) is 19.2 Å². The molecule has 2 heterocycles. The first-order valence-electron chi connectivity index (χ1n) is 5.36. The van der Waals surface area contributed by atoms with Crippen LogP contribution in [-0.2, 0) is 16.4 Å². The quantitative estimate of drug-likeness (QED) is 0.780. The van der Waals surface area contributed by atoms with Crippen molar-refractivity contribution in [2.75, 3.05) is 18.6 Å². The lowest BCUT2D eigenvalue weighted by Gasteiger charge is -2.22. The van der Waals surface area contributed by atoms with Crippen LogP contribution in [0.4, 0.5) is 0 Å². The molecule has 1 fully saturated rings. The van der Waals surface area contributed by atoms with Crippen molar-refractivity contribution in [3.63, 3.8) is 0 Å². The third-order valence-electron chi connectivity index (χ3n) is 3.01. The molecule has 1 aliphatic rings. The first kappa shape index (κ1) is 11.5. The Morgan fingerprint density at radius 3 is 2.69 bits per heavy atom. The van der Waals surface area contributed by atoms with Gasteiger partial charge in [-0.1, -0.05) is 0 Å². The molecule has 2 rings (SSSR count). The second kappa shape index (κ2) is 4.51. The van der Waals surface area contributed by atoms with E-state index in [4.69, 9.17) is 0 Å². The van der Waals surface area contributed by atoms with E-state index in [1.54, 1.807) is 12.4 Å². The molecule has 1 aliphatic heterocycles. The summed E-state index contributed by atoms with van der Waals surface area (Å²) >= 11 is 0. The van der Waals surface area contributed by atoms with Crippen molar-refractivity contribution in [2.24, 2.45) is 0 Å². The Bertz CT molecular complexity index is 444. The monoisotopic (exact) mass is 240 g/mol. The Balaban J connectivity index is 1.97. The van der Waals surface area contributed by atoms with Gasteiger partial charge in [0, 0.05) is 25.0 Å². The molecule has 1 unspecified atom stereocenters. The minimum absolute atomic E-state index is 0.165. The van der Waals surface area contributed by atoms with E-state index >= 15 is 0 Å². The normalized spacial score (nSPS) is 23.8. The molecule has 0 aliphatic carbocycles. The van der Waals surface area contributed by atoms with Crippen LogP contribution >= 0.6 is 0 Å². The van der Waals surface area contributed by atoms with Crippen LogP contribution in [0.15, 0.2) is 24.5 Å². The molecule has 0 spiro atoms. The van der Waals surface area contributed by atoms with Gasteiger partial charge in [-0.25, -0.2) is 8.42 Å². The summed E-state index contributed by atoms with van der Waals surface area (Å²) in [6.45, 7) is 0.780. The zero-order valence-corrected chi connectivity index (χ0v) is 10.2. The predicted octanol–water partition coefficient (Wildman–Crippen LogP) is 0.700. The van der Waals surface area contributed by atoms with Crippen molar-refractivity contribution in [3.8, 4) is 0 Å². The lowest BCUT2D eigenvalue weighted by molar-refractivity contribution is 0.254. The maximum atomic E-state index is 11.4. The van der Waals surface area contributed by atoms with Crippen molar-refractivity contribution in [1.82, 2.24) is 9.88 Å². The number of sulfone groups is 1. The lowest BCUT2D eigenvalue weighted by atomic mass is 10.2. The molecule has 0 amide bonds. The fourth-order valence-corrected chi connectivity index (χ4v) is 3.83. The smallest absolute Gasteiger partial charge is 0.151 e. The number of hydrogen-bond donors (Lipinski definition) is 0. The zero-order chi connectivity index (χ0) is 11.6. The second-order valence-corrected chi connectivity index (χ2v) is 6.56. The second-order valence-electron chi connectivity index (χ2n) is 4.33. The Morgan fingerprint density at radius 2 is 2.12 bits per heavy atom.